The molecule has 6 nitrogen and oxygen atoms in total. The van der Waals surface area contributed by atoms with E-state index in [2.05, 4.69) is 26.8 Å². The van der Waals surface area contributed by atoms with E-state index in [0.29, 0.717) is 19.5 Å². The van der Waals surface area contributed by atoms with E-state index in [1.165, 1.54) is 7.11 Å². The summed E-state index contributed by atoms with van der Waals surface area (Å²) in [5.41, 5.74) is 0. The van der Waals surface area contributed by atoms with Gasteiger partial charge in [-0.25, -0.2) is 0 Å². The van der Waals surface area contributed by atoms with Crippen molar-refractivity contribution in [3.8, 4) is 0 Å². The molecule has 0 N–H and O–H groups in total. The number of rotatable bonds is 6. The van der Waals surface area contributed by atoms with Crippen LogP contribution in [0.1, 0.15) is 25.0 Å². The summed E-state index contributed by atoms with van der Waals surface area (Å²) in [4.78, 5) is 13.2. The molecule has 0 fully saturated rings. The highest BCUT2D eigenvalue weighted by atomic mass is 16.5. The topological polar surface area (TPSA) is 60.3 Å². The fourth-order valence-electron chi connectivity index (χ4n) is 1.49. The standard InChI is InChI=1S/C11H20N4O2/c1-5-15(7-6-11(16)17-4)8-10-13-12-9(2)14(10)3/h5-8H2,1-4H3. The van der Waals surface area contributed by atoms with E-state index in [-0.39, 0.29) is 5.97 Å². The van der Waals surface area contributed by atoms with Crippen LogP contribution in [-0.4, -0.2) is 45.8 Å². The van der Waals surface area contributed by atoms with Gasteiger partial charge in [-0.15, -0.1) is 10.2 Å². The molecule has 0 aliphatic heterocycles. The maximum Gasteiger partial charge on any atom is 0.306 e. The van der Waals surface area contributed by atoms with E-state index in [1.54, 1.807) is 0 Å². The van der Waals surface area contributed by atoms with Gasteiger partial charge in [0, 0.05) is 13.6 Å². The summed E-state index contributed by atoms with van der Waals surface area (Å²) >= 11 is 0. The number of esters is 1. The highest BCUT2D eigenvalue weighted by molar-refractivity contribution is 5.69. The van der Waals surface area contributed by atoms with Crippen LogP contribution >= 0.6 is 0 Å². The summed E-state index contributed by atoms with van der Waals surface area (Å²) in [7, 11) is 3.35. The molecule has 0 saturated heterocycles. The average Bonchev–Trinajstić information content (AvgIpc) is 2.65. The van der Waals surface area contributed by atoms with Gasteiger partial charge in [0.15, 0.2) is 0 Å². The molecular weight excluding hydrogens is 220 g/mol. The second-order valence-electron chi connectivity index (χ2n) is 3.92. The monoisotopic (exact) mass is 240 g/mol. The normalized spacial score (nSPS) is 10.9. The molecule has 0 unspecified atom stereocenters. The van der Waals surface area contributed by atoms with E-state index in [4.69, 9.17) is 0 Å². The second-order valence-corrected chi connectivity index (χ2v) is 3.92. The third-order valence-electron chi connectivity index (χ3n) is 2.85. The Kier molecular flexibility index (Phi) is 5.09. The predicted octanol–water partition coefficient (Wildman–Crippen LogP) is 0.509. The van der Waals surface area contributed by atoms with Crippen LogP contribution in [0.15, 0.2) is 0 Å². The van der Waals surface area contributed by atoms with Gasteiger partial charge >= 0.3 is 5.97 Å². The number of aromatic nitrogens is 3. The van der Waals surface area contributed by atoms with Crippen LogP contribution in [-0.2, 0) is 23.1 Å². The Morgan fingerprint density at radius 3 is 2.65 bits per heavy atom. The molecule has 1 aromatic heterocycles. The number of hydrogen-bond acceptors (Lipinski definition) is 5. The average molecular weight is 240 g/mol. The van der Waals surface area contributed by atoms with Gasteiger partial charge in [-0.3, -0.25) is 9.69 Å². The molecule has 0 radical (unpaired) electrons. The number of ether oxygens (including phenoxy) is 1. The maximum atomic E-state index is 11.1. The van der Waals surface area contributed by atoms with Crippen LogP contribution in [0.3, 0.4) is 0 Å². The van der Waals surface area contributed by atoms with Crippen molar-refractivity contribution in [2.75, 3.05) is 20.2 Å². The molecule has 0 saturated carbocycles. The van der Waals surface area contributed by atoms with Crippen molar-refractivity contribution < 1.29 is 9.53 Å². The van der Waals surface area contributed by atoms with Gasteiger partial charge in [0.25, 0.3) is 0 Å². The summed E-state index contributed by atoms with van der Waals surface area (Å²) in [5, 5.41) is 8.12. The SMILES string of the molecule is CCN(CCC(=O)OC)Cc1nnc(C)n1C. The molecule has 0 bridgehead atoms. The number of aryl methyl sites for hydroxylation is 1. The molecule has 1 heterocycles. The minimum Gasteiger partial charge on any atom is -0.469 e. The van der Waals surface area contributed by atoms with E-state index in [9.17, 15) is 4.79 Å². The molecule has 1 aromatic rings. The third kappa shape index (κ3) is 3.81. The van der Waals surface area contributed by atoms with E-state index in [1.807, 2.05) is 18.5 Å². The van der Waals surface area contributed by atoms with Gasteiger partial charge < -0.3 is 9.30 Å². The zero-order valence-corrected chi connectivity index (χ0v) is 10.9. The number of carbonyl (C=O) groups is 1. The zero-order chi connectivity index (χ0) is 12.8. The Hall–Kier alpha value is -1.43. The highest BCUT2D eigenvalue weighted by Crippen LogP contribution is 2.03. The lowest BCUT2D eigenvalue weighted by molar-refractivity contribution is -0.141. The van der Waals surface area contributed by atoms with E-state index >= 15 is 0 Å². The Balaban J connectivity index is 2.52. The first kappa shape index (κ1) is 13.6. The fraction of sp³-hybridized carbons (Fsp3) is 0.727. The molecule has 17 heavy (non-hydrogen) atoms. The molecular formula is C11H20N4O2. The Morgan fingerprint density at radius 1 is 1.47 bits per heavy atom. The van der Waals surface area contributed by atoms with Crippen LogP contribution in [0.2, 0.25) is 0 Å². The van der Waals surface area contributed by atoms with E-state index < -0.39 is 0 Å². The molecule has 6 heteroatoms. The van der Waals surface area contributed by atoms with Crippen molar-refractivity contribution >= 4 is 5.97 Å². The van der Waals surface area contributed by atoms with Crippen LogP contribution in [0.5, 0.6) is 0 Å². The van der Waals surface area contributed by atoms with Crippen LogP contribution in [0.4, 0.5) is 0 Å². The van der Waals surface area contributed by atoms with Crippen molar-refractivity contribution in [2.45, 2.75) is 26.8 Å². The van der Waals surface area contributed by atoms with Crippen molar-refractivity contribution in [1.29, 1.82) is 0 Å². The number of nitrogens with zero attached hydrogens (tertiary/aromatic N) is 4. The summed E-state index contributed by atoms with van der Waals surface area (Å²) in [6.07, 6.45) is 0.404. The summed E-state index contributed by atoms with van der Waals surface area (Å²) in [5.74, 6) is 1.62. The second kappa shape index (κ2) is 6.34. The van der Waals surface area contributed by atoms with Crippen molar-refractivity contribution in [2.24, 2.45) is 7.05 Å². The highest BCUT2D eigenvalue weighted by Gasteiger charge is 2.11. The van der Waals surface area contributed by atoms with Gasteiger partial charge in [0.1, 0.15) is 11.6 Å². The van der Waals surface area contributed by atoms with Crippen LogP contribution in [0, 0.1) is 6.92 Å². The largest absolute Gasteiger partial charge is 0.469 e. The molecule has 0 atom stereocenters. The molecule has 0 spiro atoms. The zero-order valence-electron chi connectivity index (χ0n) is 10.9. The van der Waals surface area contributed by atoms with E-state index in [0.717, 1.165) is 18.2 Å². The minimum atomic E-state index is -0.183. The number of methoxy groups -OCH3 is 1. The lowest BCUT2D eigenvalue weighted by Crippen LogP contribution is -2.27. The summed E-state index contributed by atoms with van der Waals surface area (Å²) in [6, 6.07) is 0. The lowest BCUT2D eigenvalue weighted by atomic mass is 10.3. The molecule has 0 aliphatic rings. The Morgan fingerprint density at radius 2 is 2.18 bits per heavy atom. The van der Waals surface area contributed by atoms with Gasteiger partial charge in [0.2, 0.25) is 0 Å². The molecule has 0 amide bonds. The third-order valence-corrected chi connectivity index (χ3v) is 2.85. The molecule has 0 aliphatic carbocycles. The van der Waals surface area contributed by atoms with Crippen LogP contribution < -0.4 is 0 Å². The van der Waals surface area contributed by atoms with Gasteiger partial charge in [-0.2, -0.15) is 0 Å². The first-order valence-electron chi connectivity index (χ1n) is 5.72. The predicted molar refractivity (Wildman–Crippen MR) is 63.3 cm³/mol. The smallest absolute Gasteiger partial charge is 0.306 e. The Labute approximate surface area is 102 Å². The summed E-state index contributed by atoms with van der Waals surface area (Å²) in [6.45, 7) is 6.21. The minimum absolute atomic E-state index is 0.183. The summed E-state index contributed by atoms with van der Waals surface area (Å²) < 4.78 is 6.58. The number of hydrogen-bond donors (Lipinski definition) is 0. The first-order chi connectivity index (χ1) is 8.08. The van der Waals surface area contributed by atoms with Crippen molar-refractivity contribution in [1.82, 2.24) is 19.7 Å². The molecule has 96 valence electrons. The maximum absolute atomic E-state index is 11.1. The van der Waals surface area contributed by atoms with Crippen molar-refractivity contribution in [3.05, 3.63) is 11.6 Å². The van der Waals surface area contributed by atoms with Gasteiger partial charge in [-0.05, 0) is 13.5 Å². The van der Waals surface area contributed by atoms with Crippen LogP contribution in [0.25, 0.3) is 0 Å². The molecule has 0 aromatic carbocycles. The van der Waals surface area contributed by atoms with Gasteiger partial charge in [0.05, 0.1) is 20.1 Å². The first-order valence-corrected chi connectivity index (χ1v) is 5.72. The lowest BCUT2D eigenvalue weighted by Gasteiger charge is -2.18. The Bertz CT molecular complexity index is 376. The number of carbonyl (C=O) groups excluding carboxylic acids is 1. The van der Waals surface area contributed by atoms with Gasteiger partial charge in [-0.1, -0.05) is 6.92 Å². The quantitative estimate of drug-likeness (QED) is 0.678. The van der Waals surface area contributed by atoms with Crippen molar-refractivity contribution in [3.63, 3.8) is 0 Å². The molecule has 1 rings (SSSR count). The fourth-order valence-corrected chi connectivity index (χ4v) is 1.49.